The van der Waals surface area contributed by atoms with Crippen LogP contribution in [-0.2, 0) is 33.5 Å². The van der Waals surface area contributed by atoms with Gasteiger partial charge in [0, 0.05) is 24.8 Å². The van der Waals surface area contributed by atoms with Crippen LogP contribution in [-0.4, -0.2) is 38.1 Å². The van der Waals surface area contributed by atoms with Gasteiger partial charge in [-0.25, -0.2) is 0 Å². The van der Waals surface area contributed by atoms with E-state index in [1.165, 1.54) is 16.7 Å². The van der Waals surface area contributed by atoms with Crippen LogP contribution in [0.4, 0.5) is 0 Å². The van der Waals surface area contributed by atoms with Crippen molar-refractivity contribution in [3.8, 4) is 11.5 Å². The molecule has 3 aliphatic heterocycles. The quantitative estimate of drug-likeness (QED) is 0.693. The molecular weight excluding hydrogens is 316 g/mol. The maximum absolute atomic E-state index is 6.23. The Kier molecular flexibility index (Phi) is 3.97. The Bertz CT molecular complexity index is 746. The monoisotopic (exact) mass is 338 g/mol. The van der Waals surface area contributed by atoms with Gasteiger partial charge in [0.25, 0.3) is 0 Å². The number of epoxide rings is 3. The first-order chi connectivity index (χ1) is 12.3. The molecule has 0 aromatic heterocycles. The van der Waals surface area contributed by atoms with Crippen molar-refractivity contribution in [2.45, 2.75) is 37.6 Å². The molecule has 2 aromatic carbocycles. The fourth-order valence-corrected chi connectivity index (χ4v) is 3.36. The fourth-order valence-electron chi connectivity index (χ4n) is 3.36. The van der Waals surface area contributed by atoms with Crippen molar-refractivity contribution in [3.05, 3.63) is 59.2 Å². The number of rotatable bonds is 8. The normalized spacial score (nSPS) is 26.3. The summed E-state index contributed by atoms with van der Waals surface area (Å²) in [5, 5.41) is 0. The van der Waals surface area contributed by atoms with Crippen LogP contribution < -0.4 is 4.74 Å². The molecule has 0 aliphatic carbocycles. The van der Waals surface area contributed by atoms with Crippen molar-refractivity contribution < 1.29 is 18.9 Å². The van der Waals surface area contributed by atoms with Crippen LogP contribution in [0.1, 0.15) is 16.7 Å². The van der Waals surface area contributed by atoms with Crippen molar-refractivity contribution in [1.29, 1.82) is 0 Å². The summed E-state index contributed by atoms with van der Waals surface area (Å²) in [5.41, 5.74) is 4.02. The van der Waals surface area contributed by atoms with Gasteiger partial charge in [-0.1, -0.05) is 24.3 Å². The largest absolute Gasteiger partial charge is 0.457 e. The van der Waals surface area contributed by atoms with Crippen LogP contribution in [0.25, 0.3) is 0 Å². The first-order valence-corrected chi connectivity index (χ1v) is 9.06. The topological polar surface area (TPSA) is 46.8 Å². The highest BCUT2D eigenvalue weighted by Gasteiger charge is 2.32. The summed E-state index contributed by atoms with van der Waals surface area (Å²) >= 11 is 0. The van der Waals surface area contributed by atoms with E-state index in [4.69, 9.17) is 18.9 Å². The Morgan fingerprint density at radius 1 is 0.720 bits per heavy atom. The average molecular weight is 338 g/mol. The number of para-hydroxylation sites is 1. The molecular formula is C21H22O4. The predicted molar refractivity (Wildman–Crippen MR) is 93.3 cm³/mol. The van der Waals surface area contributed by atoms with Crippen molar-refractivity contribution >= 4 is 0 Å². The van der Waals surface area contributed by atoms with E-state index >= 15 is 0 Å². The van der Waals surface area contributed by atoms with E-state index in [0.29, 0.717) is 18.3 Å². The van der Waals surface area contributed by atoms with Crippen molar-refractivity contribution in [3.63, 3.8) is 0 Å². The summed E-state index contributed by atoms with van der Waals surface area (Å²) in [4.78, 5) is 0. The Morgan fingerprint density at radius 2 is 1.32 bits per heavy atom. The van der Waals surface area contributed by atoms with Crippen LogP contribution in [0.2, 0.25) is 0 Å². The predicted octanol–water partition coefficient (Wildman–Crippen LogP) is 3.30. The number of hydrogen-bond donors (Lipinski definition) is 0. The molecule has 3 fully saturated rings. The number of hydrogen-bond acceptors (Lipinski definition) is 4. The lowest BCUT2D eigenvalue weighted by atomic mass is 9.91. The van der Waals surface area contributed by atoms with E-state index < -0.39 is 0 Å². The Hall–Kier alpha value is -1.88. The lowest BCUT2D eigenvalue weighted by Crippen LogP contribution is -2.10. The average Bonchev–Trinajstić information content (AvgIpc) is 3.44. The van der Waals surface area contributed by atoms with Crippen molar-refractivity contribution in [1.82, 2.24) is 0 Å². The molecule has 0 spiro atoms. The molecule has 0 saturated carbocycles. The molecule has 5 rings (SSSR count). The molecule has 0 amide bonds. The third-order valence-corrected chi connectivity index (χ3v) is 4.97. The van der Waals surface area contributed by atoms with E-state index in [-0.39, 0.29) is 0 Å². The molecule has 0 radical (unpaired) electrons. The molecule has 4 nitrogen and oxygen atoms in total. The highest BCUT2D eigenvalue weighted by Crippen LogP contribution is 2.36. The minimum atomic E-state index is 0.324. The Labute approximate surface area is 147 Å². The highest BCUT2D eigenvalue weighted by atomic mass is 16.6. The zero-order valence-electron chi connectivity index (χ0n) is 14.1. The van der Waals surface area contributed by atoms with Crippen LogP contribution in [0.5, 0.6) is 11.5 Å². The van der Waals surface area contributed by atoms with Gasteiger partial charge >= 0.3 is 0 Å². The molecule has 4 heteroatoms. The zero-order valence-corrected chi connectivity index (χ0v) is 14.1. The molecule has 3 unspecified atom stereocenters. The zero-order chi connectivity index (χ0) is 16.6. The fraction of sp³-hybridized carbons (Fsp3) is 0.429. The summed E-state index contributed by atoms with van der Waals surface area (Å²) in [7, 11) is 0. The second kappa shape index (κ2) is 6.45. The second-order valence-electron chi connectivity index (χ2n) is 7.07. The number of benzene rings is 2. The third kappa shape index (κ3) is 3.87. The van der Waals surface area contributed by atoms with E-state index in [1.807, 2.05) is 30.3 Å². The first kappa shape index (κ1) is 15.4. The highest BCUT2D eigenvalue weighted by molar-refractivity contribution is 5.48. The molecule has 0 N–H and O–H groups in total. The van der Waals surface area contributed by atoms with Crippen LogP contribution in [0, 0.1) is 0 Å². The summed E-state index contributed by atoms with van der Waals surface area (Å²) in [5.74, 6) is 1.81. The molecule has 3 atom stereocenters. The Balaban J connectivity index is 1.51. The van der Waals surface area contributed by atoms with Gasteiger partial charge in [0.2, 0.25) is 0 Å². The van der Waals surface area contributed by atoms with Gasteiger partial charge in [0.05, 0.1) is 38.1 Å². The van der Waals surface area contributed by atoms with Gasteiger partial charge in [0.1, 0.15) is 11.5 Å². The maximum atomic E-state index is 6.23. The minimum Gasteiger partial charge on any atom is -0.457 e. The minimum absolute atomic E-state index is 0.324. The summed E-state index contributed by atoms with van der Waals surface area (Å²) in [6, 6.07) is 14.3. The van der Waals surface area contributed by atoms with E-state index in [9.17, 15) is 0 Å². The van der Waals surface area contributed by atoms with Gasteiger partial charge < -0.3 is 18.9 Å². The van der Waals surface area contributed by atoms with Crippen LogP contribution >= 0.6 is 0 Å². The summed E-state index contributed by atoms with van der Waals surface area (Å²) in [6.45, 7) is 2.59. The molecule has 25 heavy (non-hydrogen) atoms. The lowest BCUT2D eigenvalue weighted by Gasteiger charge is -2.18. The van der Waals surface area contributed by atoms with Gasteiger partial charge in [-0.2, -0.15) is 0 Å². The van der Waals surface area contributed by atoms with E-state index in [2.05, 4.69) is 12.1 Å². The molecule has 130 valence electrons. The van der Waals surface area contributed by atoms with Crippen molar-refractivity contribution in [2.24, 2.45) is 0 Å². The summed E-state index contributed by atoms with van der Waals surface area (Å²) < 4.78 is 22.7. The van der Waals surface area contributed by atoms with Crippen LogP contribution in [0.15, 0.2) is 42.5 Å². The SMILES string of the molecule is c1ccc(Oc2ccc(CC3CO3)c(CC3CO3)c2CC2CO2)cc1. The second-order valence-corrected chi connectivity index (χ2v) is 7.07. The lowest BCUT2D eigenvalue weighted by molar-refractivity contribution is 0.394. The Morgan fingerprint density at radius 3 is 1.96 bits per heavy atom. The van der Waals surface area contributed by atoms with Crippen molar-refractivity contribution in [2.75, 3.05) is 19.8 Å². The van der Waals surface area contributed by atoms with E-state index in [0.717, 1.165) is 50.6 Å². The first-order valence-electron chi connectivity index (χ1n) is 9.06. The summed E-state index contributed by atoms with van der Waals surface area (Å²) in [6.07, 6.45) is 3.89. The van der Waals surface area contributed by atoms with E-state index in [1.54, 1.807) is 0 Å². The maximum Gasteiger partial charge on any atom is 0.131 e. The molecule has 2 aromatic rings. The van der Waals surface area contributed by atoms with Gasteiger partial charge in [-0.3, -0.25) is 0 Å². The standard InChI is InChI=1S/C21H22O4/c1-2-4-15(5-3-1)25-21-7-6-14(8-16-11-22-16)19(9-17-12-23-17)20(21)10-18-13-24-18/h1-7,16-18H,8-13H2. The smallest absolute Gasteiger partial charge is 0.131 e. The number of ether oxygens (including phenoxy) is 4. The molecule has 3 heterocycles. The van der Waals surface area contributed by atoms with Gasteiger partial charge in [-0.15, -0.1) is 0 Å². The molecule has 0 bridgehead atoms. The van der Waals surface area contributed by atoms with Crippen LogP contribution in [0.3, 0.4) is 0 Å². The molecule has 3 aliphatic rings. The molecule has 3 saturated heterocycles. The third-order valence-electron chi connectivity index (χ3n) is 4.97. The van der Waals surface area contributed by atoms with Gasteiger partial charge in [0.15, 0.2) is 0 Å². The van der Waals surface area contributed by atoms with Gasteiger partial charge in [-0.05, 0) is 29.3 Å².